The highest BCUT2D eigenvalue weighted by molar-refractivity contribution is 5.44. The molecule has 6 heteroatoms. The third kappa shape index (κ3) is 2.85. The molecular weight excluding hydrogens is 196 g/mol. The monoisotopic (exact) mass is 212 g/mol. The summed E-state index contributed by atoms with van der Waals surface area (Å²) in [5.41, 5.74) is 5.49. The van der Waals surface area contributed by atoms with Crippen molar-refractivity contribution in [3.63, 3.8) is 0 Å². The van der Waals surface area contributed by atoms with Crippen LogP contribution in [-0.2, 0) is 6.54 Å². The molecule has 0 radical (unpaired) electrons. The van der Waals surface area contributed by atoms with Gasteiger partial charge in [0.1, 0.15) is 0 Å². The third-order valence-corrected chi connectivity index (χ3v) is 2.14. The third-order valence-electron chi connectivity index (χ3n) is 2.14. The van der Waals surface area contributed by atoms with Gasteiger partial charge in [-0.1, -0.05) is 0 Å². The van der Waals surface area contributed by atoms with Crippen LogP contribution < -0.4 is 11.1 Å². The molecule has 1 aromatic heterocycles. The van der Waals surface area contributed by atoms with Gasteiger partial charge in [-0.3, -0.25) is 0 Å². The van der Waals surface area contributed by atoms with Gasteiger partial charge in [-0.05, 0) is 13.0 Å². The van der Waals surface area contributed by atoms with Crippen molar-refractivity contribution in [3.8, 4) is 0 Å². The molecule has 1 rings (SSSR count). The molecule has 0 aliphatic rings. The Bertz CT molecular complexity index is 315. The predicted molar refractivity (Wildman–Crippen MR) is 56.1 cm³/mol. The molecule has 6 nitrogen and oxygen atoms in total. The summed E-state index contributed by atoms with van der Waals surface area (Å²) >= 11 is 0. The Kier molecular flexibility index (Phi) is 3.96. The number of hydrogen-bond donors (Lipinski definition) is 4. The van der Waals surface area contributed by atoms with E-state index in [-0.39, 0.29) is 13.2 Å². The van der Waals surface area contributed by atoms with E-state index in [4.69, 9.17) is 15.9 Å². The Morgan fingerprint density at radius 1 is 1.47 bits per heavy atom. The van der Waals surface area contributed by atoms with Crippen LogP contribution in [0.4, 0.5) is 5.82 Å². The van der Waals surface area contributed by atoms with Crippen LogP contribution in [0.15, 0.2) is 12.3 Å². The number of rotatable bonds is 5. The standard InChI is InChI=1S/C9H16N4O2/c1-9(5-14,6-15)12-8-7(4-10)2-3-11-13-8/h2-3,14-15H,4-6,10H2,1H3,(H,12,13). The molecule has 0 atom stereocenters. The Balaban J connectivity index is 2.87. The summed E-state index contributed by atoms with van der Waals surface area (Å²) in [5, 5.41) is 28.7. The molecule has 0 saturated heterocycles. The fraction of sp³-hybridized carbons (Fsp3) is 0.556. The normalized spacial score (nSPS) is 11.5. The number of aromatic nitrogens is 2. The lowest BCUT2D eigenvalue weighted by molar-refractivity contribution is 0.147. The lowest BCUT2D eigenvalue weighted by Gasteiger charge is -2.27. The van der Waals surface area contributed by atoms with Gasteiger partial charge in [0.25, 0.3) is 0 Å². The molecule has 0 unspecified atom stereocenters. The first kappa shape index (κ1) is 11.8. The van der Waals surface area contributed by atoms with Gasteiger partial charge in [-0.2, -0.15) is 5.10 Å². The maximum Gasteiger partial charge on any atom is 0.153 e. The van der Waals surface area contributed by atoms with Crippen molar-refractivity contribution in [1.29, 1.82) is 0 Å². The van der Waals surface area contributed by atoms with E-state index in [2.05, 4.69) is 15.5 Å². The smallest absolute Gasteiger partial charge is 0.153 e. The van der Waals surface area contributed by atoms with Gasteiger partial charge in [0, 0.05) is 12.1 Å². The Morgan fingerprint density at radius 3 is 2.67 bits per heavy atom. The lowest BCUT2D eigenvalue weighted by atomic mass is 10.1. The number of nitrogens with one attached hydrogen (secondary N) is 1. The van der Waals surface area contributed by atoms with E-state index in [1.54, 1.807) is 19.2 Å². The van der Waals surface area contributed by atoms with E-state index in [0.29, 0.717) is 12.4 Å². The SMILES string of the molecule is CC(CO)(CO)Nc1nnccc1CN. The second-order valence-electron chi connectivity index (χ2n) is 3.61. The fourth-order valence-corrected chi connectivity index (χ4v) is 1.04. The average molecular weight is 212 g/mol. The van der Waals surface area contributed by atoms with Crippen LogP contribution in [0.25, 0.3) is 0 Å². The summed E-state index contributed by atoms with van der Waals surface area (Å²) in [5.74, 6) is 0.491. The van der Waals surface area contributed by atoms with E-state index in [9.17, 15) is 0 Å². The van der Waals surface area contributed by atoms with Crippen molar-refractivity contribution in [2.45, 2.75) is 19.0 Å². The minimum Gasteiger partial charge on any atom is -0.394 e. The molecule has 0 aliphatic carbocycles. The second-order valence-corrected chi connectivity index (χ2v) is 3.61. The first-order valence-electron chi connectivity index (χ1n) is 4.66. The molecule has 5 N–H and O–H groups in total. The Labute approximate surface area is 88.1 Å². The van der Waals surface area contributed by atoms with Crippen LogP contribution in [0.1, 0.15) is 12.5 Å². The van der Waals surface area contributed by atoms with Gasteiger partial charge in [0.15, 0.2) is 5.82 Å². The maximum absolute atomic E-state index is 9.11. The van der Waals surface area contributed by atoms with Gasteiger partial charge in [-0.25, -0.2) is 0 Å². The van der Waals surface area contributed by atoms with E-state index >= 15 is 0 Å². The average Bonchev–Trinajstić information content (AvgIpc) is 2.29. The van der Waals surface area contributed by atoms with Crippen molar-refractivity contribution in [2.24, 2.45) is 5.73 Å². The summed E-state index contributed by atoms with van der Waals surface area (Å²) in [6, 6.07) is 1.74. The maximum atomic E-state index is 9.11. The first-order valence-corrected chi connectivity index (χ1v) is 4.66. The van der Waals surface area contributed by atoms with E-state index in [0.717, 1.165) is 5.56 Å². The van der Waals surface area contributed by atoms with Gasteiger partial charge in [0.2, 0.25) is 0 Å². The Morgan fingerprint density at radius 2 is 2.13 bits per heavy atom. The predicted octanol–water partition coefficient (Wildman–Crippen LogP) is -0.909. The van der Waals surface area contributed by atoms with E-state index in [1.807, 2.05) is 0 Å². The topological polar surface area (TPSA) is 104 Å². The van der Waals surface area contributed by atoms with Crippen molar-refractivity contribution < 1.29 is 10.2 Å². The molecule has 0 aliphatic heterocycles. The van der Waals surface area contributed by atoms with E-state index < -0.39 is 5.54 Å². The lowest BCUT2D eigenvalue weighted by Crippen LogP contribution is -2.43. The number of aliphatic hydroxyl groups is 2. The van der Waals surface area contributed by atoms with Crippen molar-refractivity contribution in [2.75, 3.05) is 18.5 Å². The Hall–Kier alpha value is -1.24. The van der Waals surface area contributed by atoms with Gasteiger partial charge >= 0.3 is 0 Å². The molecule has 1 aromatic rings. The van der Waals surface area contributed by atoms with Gasteiger partial charge in [0.05, 0.1) is 24.9 Å². The van der Waals surface area contributed by atoms with Crippen LogP contribution >= 0.6 is 0 Å². The summed E-state index contributed by atoms with van der Waals surface area (Å²) in [4.78, 5) is 0. The largest absolute Gasteiger partial charge is 0.394 e. The molecule has 0 aromatic carbocycles. The molecule has 1 heterocycles. The highest BCUT2D eigenvalue weighted by atomic mass is 16.3. The zero-order chi connectivity index (χ0) is 11.3. The number of nitrogens with two attached hydrogens (primary N) is 1. The highest BCUT2D eigenvalue weighted by Crippen LogP contribution is 2.15. The van der Waals surface area contributed by atoms with E-state index in [1.165, 1.54) is 0 Å². The molecular formula is C9H16N4O2. The van der Waals surface area contributed by atoms with Crippen molar-refractivity contribution in [1.82, 2.24) is 10.2 Å². The molecule has 0 spiro atoms. The van der Waals surface area contributed by atoms with Gasteiger partial charge in [-0.15, -0.1) is 5.10 Å². The molecule has 15 heavy (non-hydrogen) atoms. The zero-order valence-corrected chi connectivity index (χ0v) is 8.64. The molecule has 84 valence electrons. The molecule has 0 amide bonds. The number of aliphatic hydroxyl groups excluding tert-OH is 2. The summed E-state index contributed by atoms with van der Waals surface area (Å²) in [6.45, 7) is 1.60. The van der Waals surface area contributed by atoms with Crippen molar-refractivity contribution >= 4 is 5.82 Å². The van der Waals surface area contributed by atoms with Crippen LogP contribution in [-0.4, -0.2) is 39.2 Å². The quantitative estimate of drug-likeness (QED) is 0.504. The number of nitrogens with zero attached hydrogens (tertiary/aromatic N) is 2. The minimum atomic E-state index is -0.819. The molecule has 0 fully saturated rings. The van der Waals surface area contributed by atoms with Gasteiger partial charge < -0.3 is 21.3 Å². The summed E-state index contributed by atoms with van der Waals surface area (Å²) in [6.07, 6.45) is 1.54. The van der Waals surface area contributed by atoms with Crippen LogP contribution in [0.3, 0.4) is 0 Å². The second kappa shape index (κ2) is 5.01. The first-order chi connectivity index (χ1) is 7.15. The van der Waals surface area contributed by atoms with Crippen LogP contribution in [0.2, 0.25) is 0 Å². The minimum absolute atomic E-state index is 0.204. The zero-order valence-electron chi connectivity index (χ0n) is 8.64. The number of anilines is 1. The summed E-state index contributed by atoms with van der Waals surface area (Å²) < 4.78 is 0. The highest BCUT2D eigenvalue weighted by Gasteiger charge is 2.23. The summed E-state index contributed by atoms with van der Waals surface area (Å²) in [7, 11) is 0. The van der Waals surface area contributed by atoms with Crippen LogP contribution in [0, 0.1) is 0 Å². The van der Waals surface area contributed by atoms with Crippen LogP contribution in [0.5, 0.6) is 0 Å². The fourth-order valence-electron chi connectivity index (χ4n) is 1.04. The number of hydrogen-bond acceptors (Lipinski definition) is 6. The molecule has 0 bridgehead atoms. The molecule has 0 saturated carbocycles. The van der Waals surface area contributed by atoms with Crippen molar-refractivity contribution in [3.05, 3.63) is 17.8 Å².